The minimum Gasteiger partial charge on any atom is -0.790 e. The normalized spacial score (nSPS) is 11.7. The quantitative estimate of drug-likeness (QED) is 0.0467. The van der Waals surface area contributed by atoms with Crippen molar-refractivity contribution in [1.29, 1.82) is 0 Å². The van der Waals surface area contributed by atoms with Crippen molar-refractivity contribution in [3.8, 4) is 0 Å². The van der Waals surface area contributed by atoms with Crippen molar-refractivity contribution in [3.05, 3.63) is 0 Å². The predicted octanol–water partition coefficient (Wildman–Crippen LogP) is 0.813. The zero-order valence-electron chi connectivity index (χ0n) is 29.8. The minimum absolute atomic E-state index is 0. The number of hydrogen-bond donors (Lipinski definition) is 1. The summed E-state index contributed by atoms with van der Waals surface area (Å²) in [6.45, 7) is 3.46. The van der Waals surface area contributed by atoms with Crippen LogP contribution in [0, 0.1) is 0 Å². The molecular weight excluding hydrogens is 631 g/mol. The molecule has 13 heteroatoms. The Kier molecular flexibility index (Phi) is 40.7. The molecule has 0 aliphatic rings. The van der Waals surface area contributed by atoms with Crippen molar-refractivity contribution in [2.24, 2.45) is 0 Å². The molecule has 0 unspecified atom stereocenters. The summed E-state index contributed by atoms with van der Waals surface area (Å²) < 4.78 is 25.6. The van der Waals surface area contributed by atoms with Gasteiger partial charge in [0.15, 0.2) is 6.10 Å². The molecule has 46 heavy (non-hydrogen) atoms. The van der Waals surface area contributed by atoms with Gasteiger partial charge in [0.2, 0.25) is 5.91 Å². The van der Waals surface area contributed by atoms with E-state index < -0.39 is 32.5 Å². The summed E-state index contributed by atoms with van der Waals surface area (Å²) >= 11 is 0. The number of amides is 1. The molecule has 0 aromatic rings. The smallest absolute Gasteiger partial charge is 0.790 e. The molecule has 0 saturated carbocycles. The molecule has 0 aliphatic heterocycles. The van der Waals surface area contributed by atoms with Gasteiger partial charge in [0, 0.05) is 26.3 Å². The molecule has 0 aliphatic carbocycles. The van der Waals surface area contributed by atoms with Crippen LogP contribution in [0.5, 0.6) is 0 Å². The number of hydrogen-bond acceptors (Lipinski definition) is 9. The van der Waals surface area contributed by atoms with E-state index in [1.807, 2.05) is 0 Å². The molecule has 0 spiro atoms. The first-order chi connectivity index (χ1) is 21.1. The van der Waals surface area contributed by atoms with Crippen LogP contribution in [-0.4, -0.2) is 43.7 Å². The van der Waals surface area contributed by atoms with Gasteiger partial charge in [-0.05, 0) is 19.3 Å². The molecule has 0 saturated heterocycles. The second-order valence-electron chi connectivity index (χ2n) is 11.9. The SMILES string of the molecule is CCCCCCCCCCCCCCCC(=O)O[C@@H](COC(=O)CCCCCCCCCCCNC(C)=O)COP(=O)([O-])[O-].[Na+].[Na+]. The van der Waals surface area contributed by atoms with E-state index in [0.717, 1.165) is 77.2 Å². The molecule has 1 N–H and O–H groups in total. The Hall–Kier alpha value is 0.520. The summed E-state index contributed by atoms with van der Waals surface area (Å²) in [6.07, 6.45) is 23.9. The van der Waals surface area contributed by atoms with Gasteiger partial charge in [-0.15, -0.1) is 0 Å². The number of rotatable bonds is 32. The molecule has 0 radical (unpaired) electrons. The number of esters is 2. The fraction of sp³-hybridized carbons (Fsp3) is 0.909. The number of carbonyl (C=O) groups is 3. The molecule has 0 rings (SSSR count). The van der Waals surface area contributed by atoms with E-state index in [4.69, 9.17) is 9.47 Å². The summed E-state index contributed by atoms with van der Waals surface area (Å²) in [5, 5.41) is 2.80. The van der Waals surface area contributed by atoms with Gasteiger partial charge in [-0.3, -0.25) is 14.4 Å². The van der Waals surface area contributed by atoms with Gasteiger partial charge in [-0.1, -0.05) is 129 Å². The monoisotopic (exact) mass is 693 g/mol. The Bertz CT molecular complexity index is 771. The van der Waals surface area contributed by atoms with Gasteiger partial charge in [0.25, 0.3) is 0 Å². The Morgan fingerprint density at radius 1 is 0.609 bits per heavy atom. The second kappa shape index (κ2) is 36.8. The van der Waals surface area contributed by atoms with Crippen molar-refractivity contribution in [2.45, 2.75) is 174 Å². The summed E-state index contributed by atoms with van der Waals surface area (Å²) in [6, 6.07) is 0. The van der Waals surface area contributed by atoms with Crippen LogP contribution in [0.1, 0.15) is 168 Å². The molecular formula is C33H62NNa2O9P. The summed E-state index contributed by atoms with van der Waals surface area (Å²) in [4.78, 5) is 57.0. The second-order valence-corrected chi connectivity index (χ2v) is 13.1. The number of phosphoric ester groups is 1. The standard InChI is InChI=1S/C33H64NO9P.2Na/c1-3-4-5-6-7-8-9-10-11-13-17-20-23-26-33(37)43-31(29-42-44(38,39)40)28-41-32(36)25-22-19-16-14-12-15-18-21-24-27-34-30(2)35;;/h31H,3-29H2,1-2H3,(H,34,35)(H2,38,39,40);;/q;2*+1/p-2/t31-;;/m0../s1. The first kappa shape index (κ1) is 50.9. The third-order valence-electron chi connectivity index (χ3n) is 7.56. The van der Waals surface area contributed by atoms with E-state index in [1.54, 1.807) is 0 Å². The van der Waals surface area contributed by atoms with E-state index in [0.29, 0.717) is 12.8 Å². The predicted molar refractivity (Wildman–Crippen MR) is 170 cm³/mol. The van der Waals surface area contributed by atoms with Gasteiger partial charge < -0.3 is 33.7 Å². The van der Waals surface area contributed by atoms with E-state index in [-0.39, 0.29) is 84.5 Å². The topological polar surface area (TPSA) is 154 Å². The third-order valence-corrected chi connectivity index (χ3v) is 8.03. The van der Waals surface area contributed by atoms with Gasteiger partial charge in [0.05, 0.1) is 14.4 Å². The Morgan fingerprint density at radius 3 is 1.41 bits per heavy atom. The van der Waals surface area contributed by atoms with E-state index in [2.05, 4.69) is 16.8 Å². The van der Waals surface area contributed by atoms with Crippen molar-refractivity contribution >= 4 is 25.7 Å². The van der Waals surface area contributed by atoms with Crippen LogP contribution in [-0.2, 0) is 32.9 Å². The third kappa shape index (κ3) is 40.7. The molecule has 0 heterocycles. The maximum Gasteiger partial charge on any atom is 1.00 e. The average Bonchev–Trinajstić information content (AvgIpc) is 2.96. The summed E-state index contributed by atoms with van der Waals surface area (Å²) in [7, 11) is -5.25. The Labute approximate surface area is 324 Å². The number of ether oxygens (including phenoxy) is 2. The van der Waals surface area contributed by atoms with Crippen LogP contribution in [0.4, 0.5) is 0 Å². The average molecular weight is 694 g/mol. The zero-order valence-corrected chi connectivity index (χ0v) is 34.7. The fourth-order valence-corrected chi connectivity index (χ4v) is 5.33. The molecule has 0 aromatic carbocycles. The van der Waals surface area contributed by atoms with Gasteiger partial charge in [-0.2, -0.15) is 0 Å². The molecule has 1 atom stereocenters. The first-order valence-corrected chi connectivity index (χ1v) is 18.9. The number of nitrogens with one attached hydrogen (secondary N) is 1. The van der Waals surface area contributed by atoms with Crippen LogP contribution >= 0.6 is 7.82 Å². The van der Waals surface area contributed by atoms with Crippen LogP contribution < -0.4 is 74.2 Å². The van der Waals surface area contributed by atoms with E-state index >= 15 is 0 Å². The molecule has 0 bridgehead atoms. The van der Waals surface area contributed by atoms with Crippen LogP contribution in [0.2, 0.25) is 0 Å². The van der Waals surface area contributed by atoms with Gasteiger partial charge >= 0.3 is 71.1 Å². The van der Waals surface area contributed by atoms with Gasteiger partial charge in [-0.25, -0.2) is 0 Å². The van der Waals surface area contributed by atoms with Crippen LogP contribution in [0.25, 0.3) is 0 Å². The summed E-state index contributed by atoms with van der Waals surface area (Å²) in [5.74, 6) is -0.984. The van der Waals surface area contributed by atoms with E-state index in [1.165, 1.54) is 64.7 Å². The molecule has 0 aromatic heterocycles. The zero-order chi connectivity index (χ0) is 32.7. The number of unbranched alkanes of at least 4 members (excludes halogenated alkanes) is 20. The van der Waals surface area contributed by atoms with E-state index in [9.17, 15) is 28.7 Å². The Morgan fingerprint density at radius 2 is 1.00 bits per heavy atom. The van der Waals surface area contributed by atoms with Crippen LogP contribution in [0.15, 0.2) is 0 Å². The van der Waals surface area contributed by atoms with Gasteiger partial charge in [0.1, 0.15) is 6.61 Å². The van der Waals surface area contributed by atoms with Crippen molar-refractivity contribution in [2.75, 3.05) is 19.8 Å². The number of carbonyl (C=O) groups excluding carboxylic acids is 3. The van der Waals surface area contributed by atoms with Crippen LogP contribution in [0.3, 0.4) is 0 Å². The minimum atomic E-state index is -5.25. The molecule has 10 nitrogen and oxygen atoms in total. The fourth-order valence-electron chi connectivity index (χ4n) is 4.98. The van der Waals surface area contributed by atoms with Crippen molar-refractivity contribution in [3.63, 3.8) is 0 Å². The number of phosphoric acid groups is 1. The largest absolute Gasteiger partial charge is 1.00 e. The summed E-state index contributed by atoms with van der Waals surface area (Å²) in [5.41, 5.74) is 0. The maximum atomic E-state index is 12.3. The first-order valence-electron chi connectivity index (χ1n) is 17.4. The molecule has 260 valence electrons. The maximum absolute atomic E-state index is 12.3. The van der Waals surface area contributed by atoms with Crippen molar-refractivity contribution < 1.29 is 102 Å². The molecule has 0 fully saturated rings. The van der Waals surface area contributed by atoms with Crippen molar-refractivity contribution in [1.82, 2.24) is 5.32 Å². The Balaban J connectivity index is -0.00000924. The molecule has 1 amide bonds.